The zero-order valence-corrected chi connectivity index (χ0v) is 88.9. The van der Waals surface area contributed by atoms with E-state index >= 15 is 0 Å². The summed E-state index contributed by atoms with van der Waals surface area (Å²) in [5.41, 5.74) is 16.3. The molecule has 0 aromatic carbocycles. The molecule has 0 saturated carbocycles. The van der Waals surface area contributed by atoms with Crippen molar-refractivity contribution in [1.82, 2.24) is 31.9 Å². The minimum absolute atomic E-state index is 0.00120. The Kier molecular flexibility index (Phi) is 122. The second-order valence-electron chi connectivity index (χ2n) is 32.1. The zero-order valence-electron chi connectivity index (χ0n) is 88.9. The third kappa shape index (κ3) is 115. The minimum Gasteiger partial charge on any atom is -0.379 e. The van der Waals surface area contributed by atoms with Crippen LogP contribution in [0.4, 0.5) is 0 Å². The molecule has 0 aromatic heterocycles. The van der Waals surface area contributed by atoms with Gasteiger partial charge < -0.3 is 177 Å². The Bertz CT molecular complexity index is 2770. The van der Waals surface area contributed by atoms with Crippen molar-refractivity contribution in [2.75, 3.05) is 396 Å². The van der Waals surface area contributed by atoms with Gasteiger partial charge in [0.15, 0.2) is 17.3 Å². The molecule has 0 radical (unpaired) electrons. The third-order valence-corrected chi connectivity index (χ3v) is 19.0. The van der Waals surface area contributed by atoms with Crippen molar-refractivity contribution in [3.8, 4) is 0 Å². The van der Waals surface area contributed by atoms with E-state index in [0.29, 0.717) is 387 Å². The van der Waals surface area contributed by atoms with Gasteiger partial charge in [0.2, 0.25) is 35.4 Å². The number of hydrogen-bond donors (Lipinski definition) is 9. The molecule has 12 N–H and O–H groups in total. The Morgan fingerprint density at radius 2 is 0.347 bits per heavy atom. The molecule has 0 spiro atoms. The summed E-state index contributed by atoms with van der Waals surface area (Å²) in [5, 5.41) is 16.7. The fraction of sp³-hybridized carbons (Fsp3) is 0.909. The zero-order chi connectivity index (χ0) is 106. The molecule has 45 nitrogen and oxygen atoms in total. The highest BCUT2D eigenvalue weighted by molar-refractivity contribution is 5.91. The third-order valence-electron chi connectivity index (χ3n) is 19.0. The highest BCUT2D eigenvalue weighted by atomic mass is 16.6. The molecular formula is C99H195N9O36. The first-order valence-electron chi connectivity index (χ1n) is 52.6. The Morgan fingerprint density at radius 1 is 0.174 bits per heavy atom. The van der Waals surface area contributed by atoms with Crippen LogP contribution < -0.4 is 49.1 Å². The van der Waals surface area contributed by atoms with Gasteiger partial charge in [0.25, 0.3) is 0 Å². The maximum Gasteiger partial charge on any atom is 0.246 e. The van der Waals surface area contributed by atoms with Crippen LogP contribution in [0.5, 0.6) is 0 Å². The second-order valence-corrected chi connectivity index (χ2v) is 32.1. The van der Waals surface area contributed by atoms with Crippen LogP contribution in [-0.4, -0.2) is 467 Å². The Morgan fingerprint density at radius 3 is 0.556 bits per heavy atom. The molecule has 0 aliphatic rings. The largest absolute Gasteiger partial charge is 0.379 e. The van der Waals surface area contributed by atoms with Crippen molar-refractivity contribution in [3.63, 3.8) is 0 Å². The van der Waals surface area contributed by atoms with Crippen LogP contribution in [0.1, 0.15) is 176 Å². The van der Waals surface area contributed by atoms with Gasteiger partial charge in [-0.1, -0.05) is 41.5 Å². The van der Waals surface area contributed by atoms with E-state index in [1.54, 1.807) is 0 Å². The van der Waals surface area contributed by atoms with Crippen molar-refractivity contribution >= 4 is 52.8 Å². The normalized spacial score (nSPS) is 11.9. The van der Waals surface area contributed by atoms with E-state index in [-0.39, 0.29) is 119 Å². The summed E-state index contributed by atoms with van der Waals surface area (Å²) in [6.07, 6.45) is 13.8. The molecule has 0 unspecified atom stereocenters. The van der Waals surface area contributed by atoms with E-state index in [2.05, 4.69) is 52.7 Å². The average molecular weight is 2090 g/mol. The van der Waals surface area contributed by atoms with Gasteiger partial charge in [-0.3, -0.25) is 43.2 Å². The molecular weight excluding hydrogens is 1890 g/mol. The first kappa shape index (κ1) is 143. The monoisotopic (exact) mass is 2090 g/mol. The maximum absolute atomic E-state index is 13.1. The summed E-state index contributed by atoms with van der Waals surface area (Å²) < 4.78 is 145. The lowest BCUT2D eigenvalue weighted by Crippen LogP contribution is -2.42. The van der Waals surface area contributed by atoms with E-state index in [1.807, 2.05) is 20.8 Å². The smallest absolute Gasteiger partial charge is 0.246 e. The van der Waals surface area contributed by atoms with Gasteiger partial charge in [-0.25, -0.2) is 0 Å². The number of carbonyl (C=O) groups excluding carboxylic acids is 9. The number of nitrogens with two attached hydrogens (primary N) is 3. The Labute approximate surface area is 859 Å². The lowest BCUT2D eigenvalue weighted by molar-refractivity contribution is -0.131. The fourth-order valence-corrected chi connectivity index (χ4v) is 11.8. The summed E-state index contributed by atoms with van der Waals surface area (Å²) >= 11 is 0. The number of nitrogens with one attached hydrogen (secondary N) is 6. The molecule has 0 aliphatic carbocycles. The molecule has 45 heteroatoms. The average Bonchev–Trinajstić information content (AvgIpc) is 0.927. The summed E-state index contributed by atoms with van der Waals surface area (Å²) in [4.78, 5) is 112. The molecule has 0 bridgehead atoms. The molecule has 0 aliphatic heterocycles. The van der Waals surface area contributed by atoms with Crippen LogP contribution in [0.2, 0.25) is 0 Å². The first-order chi connectivity index (χ1) is 70.6. The Hall–Kier alpha value is -5.37. The highest BCUT2D eigenvalue weighted by Gasteiger charge is 2.24. The van der Waals surface area contributed by atoms with E-state index in [9.17, 15) is 43.2 Å². The SMILES string of the molecule is CCCOCCOCCOCCCC(=O)[C@H](CCCCN)NC(=O)COCCOCCOCCC.CCCOCCOCCOCCCC(=O)[C@H](CCCCNC(=O)COCCOCCOCCC)NC(=O)COCCOCCOCCN.CCCOCCOCCOCCCC(=O)[C@H](CCCCNC(=O)COCCOCCOCCC)NC(=O)COCCOCCOCCNC(=O)COCCOCCOCCN. The maximum atomic E-state index is 13.1. The fourth-order valence-electron chi connectivity index (χ4n) is 11.8. The van der Waals surface area contributed by atoms with Gasteiger partial charge >= 0.3 is 0 Å². The molecule has 0 aromatic rings. The van der Waals surface area contributed by atoms with Gasteiger partial charge in [-0.15, -0.1) is 0 Å². The van der Waals surface area contributed by atoms with Crippen molar-refractivity contribution < 1.29 is 171 Å². The minimum atomic E-state index is -0.697. The summed E-state index contributed by atoms with van der Waals surface area (Å²) in [6.45, 7) is 36.3. The van der Waals surface area contributed by atoms with E-state index in [1.165, 1.54) is 0 Å². The predicted molar refractivity (Wildman–Crippen MR) is 540 cm³/mol. The number of unbranched alkanes of at least 4 members (excludes halogenated alkanes) is 3. The summed E-state index contributed by atoms with van der Waals surface area (Å²) in [5.74, 6) is -1.98. The van der Waals surface area contributed by atoms with Gasteiger partial charge in [-0.05, 0) is 122 Å². The van der Waals surface area contributed by atoms with Crippen molar-refractivity contribution in [1.29, 1.82) is 0 Å². The predicted octanol–water partition coefficient (Wildman–Crippen LogP) is 3.11. The molecule has 6 amide bonds. The van der Waals surface area contributed by atoms with Crippen LogP contribution in [0.3, 0.4) is 0 Å². The molecule has 0 fully saturated rings. The van der Waals surface area contributed by atoms with E-state index < -0.39 is 24.0 Å². The number of ketones is 3. The molecule has 0 saturated heterocycles. The molecule has 0 heterocycles. The summed E-state index contributed by atoms with van der Waals surface area (Å²) in [7, 11) is 0. The molecule has 144 heavy (non-hydrogen) atoms. The van der Waals surface area contributed by atoms with Gasteiger partial charge in [0, 0.05) is 111 Å². The van der Waals surface area contributed by atoms with Gasteiger partial charge in [0.05, 0.1) is 276 Å². The van der Waals surface area contributed by atoms with Gasteiger partial charge in [0.1, 0.15) is 39.6 Å². The number of amides is 6. The second kappa shape index (κ2) is 123. The number of rotatable bonds is 117. The van der Waals surface area contributed by atoms with Crippen molar-refractivity contribution in [2.24, 2.45) is 17.2 Å². The highest BCUT2D eigenvalue weighted by Crippen LogP contribution is 2.11. The molecule has 852 valence electrons. The van der Waals surface area contributed by atoms with Crippen LogP contribution >= 0.6 is 0 Å². The quantitative estimate of drug-likeness (QED) is 0.0395. The number of Topliss-reactive ketones (excluding diaryl/α,β-unsaturated/α-hetero) is 3. The first-order valence-corrected chi connectivity index (χ1v) is 52.6. The van der Waals surface area contributed by atoms with Crippen LogP contribution in [0, 0.1) is 0 Å². The number of hydrogen-bond acceptors (Lipinski definition) is 39. The van der Waals surface area contributed by atoms with Crippen molar-refractivity contribution in [2.45, 2.75) is 195 Å². The van der Waals surface area contributed by atoms with Crippen LogP contribution in [-0.2, 0) is 171 Å². The number of ether oxygens (including phenoxy) is 27. The van der Waals surface area contributed by atoms with E-state index in [4.69, 9.17) is 145 Å². The molecule has 3 atom stereocenters. The van der Waals surface area contributed by atoms with Crippen LogP contribution in [0.15, 0.2) is 0 Å². The lowest BCUT2D eigenvalue weighted by atomic mass is 10.0. The topological polar surface area (TPSA) is 553 Å². The summed E-state index contributed by atoms with van der Waals surface area (Å²) in [6, 6.07) is -1.89. The molecule has 0 rings (SSSR count). The van der Waals surface area contributed by atoms with E-state index in [0.717, 1.165) is 71.2 Å². The lowest BCUT2D eigenvalue weighted by Gasteiger charge is -2.18. The van der Waals surface area contributed by atoms with Crippen LogP contribution in [0.25, 0.3) is 0 Å². The number of carbonyl (C=O) groups is 9. The standard InChI is InChI=1S/C41H80N4O16.C33H65N3O12.C25H50N2O8/c1-3-13-50-18-23-55-25-20-52-15-7-9-38(46)37(8-5-6-11-43-39(47)34-59-31-28-56-24-19-51-14-4-2)45-41(49)36-61-33-30-58-27-22-54-17-12-44-40(48)35-60-32-29-57-26-21-53-16-10-42;1-3-12-40-16-20-44-22-18-42-14-7-9-31(37)30(36-33(39)29-48-27-25-46-23-19-43-15-10-34)8-5-6-11-35-32(38)28-47-26-24-45-21-17-41-13-4-2;1-3-11-30-14-17-33-19-16-32-13-7-9-24(28)23(8-5-6-10-26)27-25(29)22-35-21-20-34-18-15-31-12-4-2/h37H,3-36,42H2,1-2H3,(H,43,47)(H,44,48)(H,45,49);30H,3-29,34H2,1-2H3,(H,35,38)(H,36,39);23H,3-22,26H2,1-2H3,(H,27,29)/t37-;30-;23-/m000/s1. The van der Waals surface area contributed by atoms with Gasteiger partial charge in [-0.2, -0.15) is 0 Å². The Balaban J connectivity index is -0.00000215. The van der Waals surface area contributed by atoms with Crippen molar-refractivity contribution in [3.05, 3.63) is 0 Å².